The highest BCUT2D eigenvalue weighted by Gasteiger charge is 2.13. The van der Waals surface area contributed by atoms with E-state index in [9.17, 15) is 5.11 Å². The lowest BCUT2D eigenvalue weighted by atomic mass is 10.1. The number of phenols is 1. The van der Waals surface area contributed by atoms with Crippen LogP contribution in [-0.2, 0) is 4.74 Å². The molecular formula is C13H21NO3. The van der Waals surface area contributed by atoms with Crippen molar-refractivity contribution in [2.75, 3.05) is 20.8 Å². The van der Waals surface area contributed by atoms with E-state index in [1.165, 1.54) is 0 Å². The average molecular weight is 239 g/mol. The molecule has 0 aromatic heterocycles. The van der Waals surface area contributed by atoms with Gasteiger partial charge in [0.2, 0.25) is 0 Å². The van der Waals surface area contributed by atoms with E-state index in [0.29, 0.717) is 6.61 Å². The van der Waals surface area contributed by atoms with E-state index in [1.807, 2.05) is 19.9 Å². The summed E-state index contributed by atoms with van der Waals surface area (Å²) in [5.41, 5.74) is 0.826. The highest BCUT2D eigenvalue weighted by atomic mass is 16.5. The predicted octanol–water partition coefficient (Wildman–Crippen LogP) is 2.09. The number of ether oxygens (including phenoxy) is 2. The van der Waals surface area contributed by atoms with Gasteiger partial charge in [0.1, 0.15) is 11.5 Å². The molecular weight excluding hydrogens is 218 g/mol. The summed E-state index contributed by atoms with van der Waals surface area (Å²) in [4.78, 5) is 0. The van der Waals surface area contributed by atoms with Crippen molar-refractivity contribution in [2.24, 2.45) is 0 Å². The SMILES string of the molecule is COCC(C)NC(C)c1cc(OC)ccc1O. The summed E-state index contributed by atoms with van der Waals surface area (Å²) in [5.74, 6) is 1.02. The molecule has 0 spiro atoms. The van der Waals surface area contributed by atoms with Gasteiger partial charge in [0, 0.05) is 24.8 Å². The largest absolute Gasteiger partial charge is 0.508 e. The molecule has 1 aromatic rings. The van der Waals surface area contributed by atoms with Gasteiger partial charge in [0.05, 0.1) is 13.7 Å². The van der Waals surface area contributed by atoms with Crippen LogP contribution in [0.4, 0.5) is 0 Å². The summed E-state index contributed by atoms with van der Waals surface area (Å²) in [7, 11) is 3.29. The zero-order valence-corrected chi connectivity index (χ0v) is 10.9. The van der Waals surface area contributed by atoms with Gasteiger partial charge in [-0.25, -0.2) is 0 Å². The Morgan fingerprint density at radius 3 is 2.59 bits per heavy atom. The molecule has 0 fully saturated rings. The number of hydrogen-bond acceptors (Lipinski definition) is 4. The van der Waals surface area contributed by atoms with Gasteiger partial charge in [-0.15, -0.1) is 0 Å². The molecule has 4 heteroatoms. The summed E-state index contributed by atoms with van der Waals surface area (Å²) in [6.45, 7) is 4.67. The molecule has 0 aliphatic heterocycles. The molecule has 1 aromatic carbocycles. The van der Waals surface area contributed by atoms with E-state index in [-0.39, 0.29) is 17.8 Å². The van der Waals surface area contributed by atoms with Crippen LogP contribution in [0.5, 0.6) is 11.5 Å². The molecule has 0 heterocycles. The van der Waals surface area contributed by atoms with Crippen molar-refractivity contribution in [2.45, 2.75) is 25.9 Å². The molecule has 4 nitrogen and oxygen atoms in total. The van der Waals surface area contributed by atoms with E-state index in [0.717, 1.165) is 11.3 Å². The van der Waals surface area contributed by atoms with Crippen LogP contribution >= 0.6 is 0 Å². The summed E-state index contributed by atoms with van der Waals surface area (Å²) in [6, 6.07) is 5.49. The maximum Gasteiger partial charge on any atom is 0.120 e. The number of benzene rings is 1. The molecule has 0 saturated carbocycles. The number of hydrogen-bond donors (Lipinski definition) is 2. The Bertz CT molecular complexity index is 355. The molecule has 96 valence electrons. The Morgan fingerprint density at radius 2 is 2.00 bits per heavy atom. The fourth-order valence-corrected chi connectivity index (χ4v) is 1.82. The molecule has 0 aliphatic carbocycles. The van der Waals surface area contributed by atoms with Crippen LogP contribution in [0.25, 0.3) is 0 Å². The van der Waals surface area contributed by atoms with Gasteiger partial charge in [0.15, 0.2) is 0 Å². The first kappa shape index (κ1) is 13.8. The van der Waals surface area contributed by atoms with Crippen molar-refractivity contribution >= 4 is 0 Å². The fraction of sp³-hybridized carbons (Fsp3) is 0.538. The van der Waals surface area contributed by atoms with Gasteiger partial charge < -0.3 is 19.9 Å². The zero-order chi connectivity index (χ0) is 12.8. The Hall–Kier alpha value is -1.26. The molecule has 0 saturated heterocycles. The summed E-state index contributed by atoms with van der Waals surface area (Å²) >= 11 is 0. The third-order valence-corrected chi connectivity index (χ3v) is 2.65. The Morgan fingerprint density at radius 1 is 1.29 bits per heavy atom. The normalized spacial score (nSPS) is 14.4. The summed E-state index contributed by atoms with van der Waals surface area (Å²) < 4.78 is 10.2. The van der Waals surface area contributed by atoms with Crippen molar-refractivity contribution < 1.29 is 14.6 Å². The van der Waals surface area contributed by atoms with Gasteiger partial charge in [0.25, 0.3) is 0 Å². The van der Waals surface area contributed by atoms with Crippen LogP contribution in [0.2, 0.25) is 0 Å². The van der Waals surface area contributed by atoms with Gasteiger partial charge in [-0.05, 0) is 32.0 Å². The molecule has 0 bridgehead atoms. The molecule has 17 heavy (non-hydrogen) atoms. The van der Waals surface area contributed by atoms with Crippen LogP contribution in [0.15, 0.2) is 18.2 Å². The second-order valence-electron chi connectivity index (χ2n) is 4.17. The van der Waals surface area contributed by atoms with Crippen LogP contribution in [0.3, 0.4) is 0 Å². The molecule has 2 N–H and O–H groups in total. The minimum Gasteiger partial charge on any atom is -0.508 e. The highest BCUT2D eigenvalue weighted by molar-refractivity contribution is 5.41. The Kier molecular flexibility index (Phi) is 5.25. The van der Waals surface area contributed by atoms with E-state index >= 15 is 0 Å². The monoisotopic (exact) mass is 239 g/mol. The van der Waals surface area contributed by atoms with Gasteiger partial charge in [-0.2, -0.15) is 0 Å². The molecule has 0 aliphatic rings. The van der Waals surface area contributed by atoms with E-state index in [1.54, 1.807) is 26.4 Å². The average Bonchev–Trinajstić information content (AvgIpc) is 2.29. The minimum atomic E-state index is 0.0373. The maximum atomic E-state index is 9.82. The Balaban J connectivity index is 2.76. The molecule has 0 amide bonds. The zero-order valence-electron chi connectivity index (χ0n) is 10.9. The molecule has 1 rings (SSSR count). The van der Waals surface area contributed by atoms with Crippen molar-refractivity contribution in [1.82, 2.24) is 5.32 Å². The van der Waals surface area contributed by atoms with Crippen molar-refractivity contribution in [3.8, 4) is 11.5 Å². The van der Waals surface area contributed by atoms with Gasteiger partial charge >= 0.3 is 0 Å². The third kappa shape index (κ3) is 3.91. The lowest BCUT2D eigenvalue weighted by molar-refractivity contribution is 0.167. The quantitative estimate of drug-likeness (QED) is 0.798. The molecule has 2 atom stereocenters. The lowest BCUT2D eigenvalue weighted by Crippen LogP contribution is -2.32. The number of rotatable bonds is 6. The maximum absolute atomic E-state index is 9.82. The van der Waals surface area contributed by atoms with E-state index < -0.39 is 0 Å². The van der Waals surface area contributed by atoms with Crippen molar-refractivity contribution in [3.05, 3.63) is 23.8 Å². The number of phenolic OH excluding ortho intramolecular Hbond substituents is 1. The second kappa shape index (κ2) is 6.47. The van der Waals surface area contributed by atoms with Crippen LogP contribution in [-0.4, -0.2) is 32.0 Å². The summed E-state index contributed by atoms with van der Waals surface area (Å²) in [6.07, 6.45) is 0. The topological polar surface area (TPSA) is 50.7 Å². The fourth-order valence-electron chi connectivity index (χ4n) is 1.82. The van der Waals surface area contributed by atoms with Gasteiger partial charge in [-0.3, -0.25) is 0 Å². The van der Waals surface area contributed by atoms with Crippen molar-refractivity contribution in [1.29, 1.82) is 0 Å². The number of nitrogens with one attached hydrogen (secondary N) is 1. The highest BCUT2D eigenvalue weighted by Crippen LogP contribution is 2.28. The smallest absolute Gasteiger partial charge is 0.120 e. The number of methoxy groups -OCH3 is 2. The third-order valence-electron chi connectivity index (χ3n) is 2.65. The first-order valence-corrected chi connectivity index (χ1v) is 5.70. The predicted molar refractivity (Wildman–Crippen MR) is 67.5 cm³/mol. The molecule has 0 radical (unpaired) electrons. The molecule has 2 unspecified atom stereocenters. The van der Waals surface area contributed by atoms with Crippen LogP contribution < -0.4 is 10.1 Å². The van der Waals surface area contributed by atoms with Gasteiger partial charge in [-0.1, -0.05) is 0 Å². The Labute approximate surface area is 103 Å². The van der Waals surface area contributed by atoms with E-state index in [2.05, 4.69) is 5.32 Å². The standard InChI is InChI=1S/C13H21NO3/c1-9(8-16-3)14-10(2)12-7-11(17-4)5-6-13(12)15/h5-7,9-10,14-15H,8H2,1-4H3. The lowest BCUT2D eigenvalue weighted by Gasteiger charge is -2.21. The second-order valence-corrected chi connectivity index (χ2v) is 4.17. The van der Waals surface area contributed by atoms with E-state index in [4.69, 9.17) is 9.47 Å². The van der Waals surface area contributed by atoms with Crippen LogP contribution in [0, 0.1) is 0 Å². The van der Waals surface area contributed by atoms with Crippen molar-refractivity contribution in [3.63, 3.8) is 0 Å². The van der Waals surface area contributed by atoms with Crippen LogP contribution in [0.1, 0.15) is 25.5 Å². The minimum absolute atomic E-state index is 0.0373. The first-order chi connectivity index (χ1) is 8.08. The number of aromatic hydroxyl groups is 1. The first-order valence-electron chi connectivity index (χ1n) is 5.70. The summed E-state index contributed by atoms with van der Waals surface area (Å²) in [5, 5.41) is 13.2.